The highest BCUT2D eigenvalue weighted by Crippen LogP contribution is 2.39. The van der Waals surface area contributed by atoms with Crippen LogP contribution in [0.1, 0.15) is 5.01 Å². The van der Waals surface area contributed by atoms with E-state index >= 15 is 4.39 Å². The second-order valence-electron chi connectivity index (χ2n) is 8.16. The number of hydrogen-bond donors (Lipinski definition) is 0. The Balaban J connectivity index is 1.52. The molecule has 8 nitrogen and oxygen atoms in total. The van der Waals surface area contributed by atoms with Crippen LogP contribution < -0.4 is 9.64 Å². The van der Waals surface area contributed by atoms with Gasteiger partial charge in [0.2, 0.25) is 0 Å². The molecule has 0 saturated heterocycles. The maximum absolute atomic E-state index is 15.0. The molecular weight excluding hydrogens is 546 g/mol. The largest absolute Gasteiger partial charge is 0.454 e. The maximum atomic E-state index is 15.0. The highest BCUT2D eigenvalue weighted by molar-refractivity contribution is 7.90. The minimum atomic E-state index is -4.21. The lowest BCUT2D eigenvalue weighted by Crippen LogP contribution is -2.09. The second kappa shape index (κ2) is 9.69. The molecule has 190 valence electrons. The Morgan fingerprint density at radius 2 is 1.86 bits per heavy atom. The first-order valence-electron chi connectivity index (χ1n) is 10.6. The van der Waals surface area contributed by atoms with Crippen LogP contribution in [0.2, 0.25) is 5.02 Å². The SMILES string of the molecule is CN(C)c1noc2ccc(-c3cc(Cl)ccc3Oc3cc(F)c(S(=O)(=O)Cc4ncns4)cc3F)cc12. The van der Waals surface area contributed by atoms with E-state index in [1.54, 1.807) is 29.2 Å². The zero-order valence-electron chi connectivity index (χ0n) is 19.3. The van der Waals surface area contributed by atoms with E-state index in [1.165, 1.54) is 12.4 Å². The molecule has 0 saturated carbocycles. The van der Waals surface area contributed by atoms with Gasteiger partial charge in [0.25, 0.3) is 0 Å². The molecule has 13 heteroatoms. The molecule has 0 radical (unpaired) electrons. The third-order valence-electron chi connectivity index (χ3n) is 5.39. The topological polar surface area (TPSA) is 98.4 Å². The van der Waals surface area contributed by atoms with Crippen LogP contribution in [-0.4, -0.2) is 37.0 Å². The lowest BCUT2D eigenvalue weighted by Gasteiger charge is -2.14. The summed E-state index contributed by atoms with van der Waals surface area (Å²) in [7, 11) is -0.555. The van der Waals surface area contributed by atoms with Gasteiger partial charge in [-0.25, -0.2) is 22.2 Å². The molecule has 0 atom stereocenters. The number of ether oxygens (including phenoxy) is 1. The number of sulfone groups is 1. The fraction of sp³-hybridized carbons (Fsp3) is 0.125. The number of fused-ring (bicyclic) bond motifs is 1. The van der Waals surface area contributed by atoms with Crippen LogP contribution in [0.4, 0.5) is 14.6 Å². The number of anilines is 1. The Kier molecular flexibility index (Phi) is 6.56. The number of hydrogen-bond acceptors (Lipinski definition) is 9. The van der Waals surface area contributed by atoms with Gasteiger partial charge in [-0.15, -0.1) is 0 Å². The van der Waals surface area contributed by atoms with Gasteiger partial charge in [-0.2, -0.15) is 4.37 Å². The summed E-state index contributed by atoms with van der Waals surface area (Å²) >= 11 is 7.09. The zero-order valence-corrected chi connectivity index (χ0v) is 21.7. The molecular formula is C24H17ClF2N4O4S2. The first kappa shape index (κ1) is 25.1. The summed E-state index contributed by atoms with van der Waals surface area (Å²) in [6, 6.07) is 11.3. The van der Waals surface area contributed by atoms with Gasteiger partial charge in [0.05, 0.1) is 5.39 Å². The summed E-state index contributed by atoms with van der Waals surface area (Å²) in [5, 5.41) is 5.34. The smallest absolute Gasteiger partial charge is 0.187 e. The Morgan fingerprint density at radius 1 is 1.05 bits per heavy atom. The minimum Gasteiger partial charge on any atom is -0.454 e. The number of nitrogens with zero attached hydrogens (tertiary/aromatic N) is 4. The highest BCUT2D eigenvalue weighted by atomic mass is 35.5. The predicted molar refractivity (Wildman–Crippen MR) is 136 cm³/mol. The molecule has 0 aliphatic carbocycles. The summed E-state index contributed by atoms with van der Waals surface area (Å²) in [5.74, 6) is -2.51. The lowest BCUT2D eigenvalue weighted by molar-refractivity contribution is 0.433. The van der Waals surface area contributed by atoms with E-state index in [0.29, 0.717) is 39.7 Å². The van der Waals surface area contributed by atoms with Gasteiger partial charge in [-0.05, 0) is 53.5 Å². The molecule has 0 N–H and O–H groups in total. The Hall–Kier alpha value is -3.61. The van der Waals surface area contributed by atoms with Crippen LogP contribution in [0, 0.1) is 11.6 Å². The van der Waals surface area contributed by atoms with Crippen molar-refractivity contribution >= 4 is 49.8 Å². The molecule has 2 heterocycles. The molecule has 5 aromatic rings. The number of rotatable bonds is 7. The second-order valence-corrected chi connectivity index (χ2v) is 11.4. The van der Waals surface area contributed by atoms with Gasteiger partial charge in [0.15, 0.2) is 32.8 Å². The van der Waals surface area contributed by atoms with E-state index in [4.69, 9.17) is 20.9 Å². The number of aromatic nitrogens is 3. The van der Waals surface area contributed by atoms with Crippen molar-refractivity contribution in [1.82, 2.24) is 14.5 Å². The summed E-state index contributed by atoms with van der Waals surface area (Å²) in [6.07, 6.45) is 1.19. The van der Waals surface area contributed by atoms with Crippen molar-refractivity contribution in [2.45, 2.75) is 10.6 Å². The van der Waals surface area contributed by atoms with E-state index in [-0.39, 0.29) is 10.8 Å². The van der Waals surface area contributed by atoms with E-state index in [2.05, 4.69) is 14.5 Å². The fourth-order valence-electron chi connectivity index (χ4n) is 3.68. The molecule has 0 spiro atoms. The average molecular weight is 563 g/mol. The normalized spacial score (nSPS) is 11.7. The van der Waals surface area contributed by atoms with E-state index in [0.717, 1.165) is 16.9 Å². The molecule has 0 unspecified atom stereocenters. The van der Waals surface area contributed by atoms with Gasteiger partial charge in [-0.1, -0.05) is 22.8 Å². The molecule has 0 bridgehead atoms. The van der Waals surface area contributed by atoms with E-state index < -0.39 is 37.9 Å². The fourth-order valence-corrected chi connectivity index (χ4v) is 6.03. The van der Waals surface area contributed by atoms with Crippen molar-refractivity contribution < 1.29 is 26.5 Å². The van der Waals surface area contributed by atoms with Crippen molar-refractivity contribution in [3.8, 4) is 22.6 Å². The summed E-state index contributed by atoms with van der Waals surface area (Å²) in [4.78, 5) is 4.79. The third kappa shape index (κ3) is 4.99. The Bertz CT molecular complexity index is 1720. The van der Waals surface area contributed by atoms with Crippen LogP contribution in [-0.2, 0) is 15.6 Å². The Morgan fingerprint density at radius 3 is 2.59 bits per heavy atom. The van der Waals surface area contributed by atoms with Crippen LogP contribution in [0.25, 0.3) is 22.1 Å². The van der Waals surface area contributed by atoms with Crippen LogP contribution in [0.15, 0.2) is 64.3 Å². The minimum absolute atomic E-state index is 0.160. The first-order chi connectivity index (χ1) is 17.6. The Labute approximate surface area is 219 Å². The van der Waals surface area contributed by atoms with Gasteiger partial charge < -0.3 is 14.2 Å². The molecule has 0 amide bonds. The summed E-state index contributed by atoms with van der Waals surface area (Å²) in [6.45, 7) is 0. The molecule has 5 rings (SSSR count). The molecule has 3 aromatic carbocycles. The van der Waals surface area contributed by atoms with Gasteiger partial charge in [0, 0.05) is 30.7 Å². The lowest BCUT2D eigenvalue weighted by atomic mass is 10.0. The summed E-state index contributed by atoms with van der Waals surface area (Å²) < 4.78 is 70.0. The molecule has 37 heavy (non-hydrogen) atoms. The monoisotopic (exact) mass is 562 g/mol. The van der Waals surface area contributed by atoms with E-state index in [1.807, 2.05) is 20.2 Å². The summed E-state index contributed by atoms with van der Waals surface area (Å²) in [5.41, 5.74) is 1.72. The first-order valence-corrected chi connectivity index (χ1v) is 13.4. The van der Waals surface area contributed by atoms with Crippen LogP contribution >= 0.6 is 23.1 Å². The number of halogens is 3. The molecule has 0 aliphatic rings. The van der Waals surface area contributed by atoms with E-state index in [9.17, 15) is 12.8 Å². The van der Waals surface area contributed by atoms with Crippen molar-refractivity contribution in [2.75, 3.05) is 19.0 Å². The average Bonchev–Trinajstić information content (AvgIpc) is 3.51. The van der Waals surface area contributed by atoms with Crippen molar-refractivity contribution in [1.29, 1.82) is 0 Å². The van der Waals surface area contributed by atoms with Crippen LogP contribution in [0.5, 0.6) is 11.5 Å². The third-order valence-corrected chi connectivity index (χ3v) is 8.10. The number of benzene rings is 3. The quantitative estimate of drug-likeness (QED) is 0.234. The highest BCUT2D eigenvalue weighted by Gasteiger charge is 2.25. The standard InChI is InChI=1S/C24H17ClF2N4O4S2/c1-31(2)24-16-7-13(3-5-20(16)35-30-24)15-8-14(25)4-6-19(15)34-21-9-18(27)22(10-17(21)26)37(32,33)11-23-28-12-29-36-23/h3-10,12H,11H2,1-2H3. The predicted octanol–water partition coefficient (Wildman–Crippen LogP) is 6.11. The van der Waals surface area contributed by atoms with Crippen LogP contribution in [0.3, 0.4) is 0 Å². The molecule has 0 aliphatic heterocycles. The molecule has 2 aromatic heterocycles. The van der Waals surface area contributed by atoms with Gasteiger partial charge >= 0.3 is 0 Å². The van der Waals surface area contributed by atoms with Gasteiger partial charge in [-0.3, -0.25) is 0 Å². The molecule has 0 fully saturated rings. The van der Waals surface area contributed by atoms with Gasteiger partial charge in [0.1, 0.15) is 33.6 Å². The van der Waals surface area contributed by atoms with Crippen molar-refractivity contribution in [3.05, 3.63) is 76.5 Å². The maximum Gasteiger partial charge on any atom is 0.187 e. The van der Waals surface area contributed by atoms with Crippen molar-refractivity contribution in [2.24, 2.45) is 0 Å². The van der Waals surface area contributed by atoms with Crippen molar-refractivity contribution in [3.63, 3.8) is 0 Å². The zero-order chi connectivity index (χ0) is 26.3.